The topological polar surface area (TPSA) is 12.0 Å². The maximum Gasteiger partial charge on any atom is 0.159 e. The molecule has 1 unspecified atom stereocenters. The van der Waals surface area contributed by atoms with E-state index in [1.54, 1.807) is 6.07 Å². The van der Waals surface area contributed by atoms with Crippen LogP contribution in [0.4, 0.5) is 8.78 Å². The molecule has 1 atom stereocenters. The summed E-state index contributed by atoms with van der Waals surface area (Å²) in [5, 5.41) is 3.26. The Hall–Kier alpha value is -1.22. The van der Waals surface area contributed by atoms with E-state index < -0.39 is 11.6 Å². The number of nitrogens with one attached hydrogen (secondary N) is 1. The van der Waals surface area contributed by atoms with Gasteiger partial charge in [0.1, 0.15) is 0 Å². The Morgan fingerprint density at radius 3 is 2.53 bits per heavy atom. The molecule has 0 saturated heterocycles. The number of rotatable bonds is 6. The van der Waals surface area contributed by atoms with E-state index in [4.69, 9.17) is 0 Å². The Bertz CT molecular complexity index is 388. The van der Waals surface area contributed by atoms with Crippen LogP contribution >= 0.6 is 0 Å². The number of hydrogen-bond acceptors (Lipinski definition) is 1. The maximum atomic E-state index is 13.2. The monoisotopic (exact) mass is 239 g/mol. The number of benzene rings is 1. The van der Waals surface area contributed by atoms with Crippen molar-refractivity contribution in [3.8, 4) is 0 Å². The minimum Gasteiger partial charge on any atom is -0.310 e. The summed E-state index contributed by atoms with van der Waals surface area (Å²) in [6.45, 7) is 8.76. The average Bonchev–Trinajstić information content (AvgIpc) is 2.32. The quantitative estimate of drug-likeness (QED) is 0.741. The molecular weight excluding hydrogens is 220 g/mol. The van der Waals surface area contributed by atoms with E-state index in [2.05, 4.69) is 11.9 Å². The van der Waals surface area contributed by atoms with E-state index in [1.165, 1.54) is 12.1 Å². The first kappa shape index (κ1) is 13.8. The highest BCUT2D eigenvalue weighted by Crippen LogP contribution is 2.23. The van der Waals surface area contributed by atoms with Gasteiger partial charge < -0.3 is 5.32 Å². The molecule has 0 spiro atoms. The molecule has 0 bridgehead atoms. The second-order valence-corrected chi connectivity index (χ2v) is 4.09. The lowest BCUT2D eigenvalue weighted by Crippen LogP contribution is -2.21. The Balaban J connectivity index is 2.88. The molecule has 1 nitrogen and oxygen atoms in total. The van der Waals surface area contributed by atoms with Gasteiger partial charge in [-0.2, -0.15) is 0 Å². The predicted octanol–water partition coefficient (Wildman–Crippen LogP) is 3.97. The van der Waals surface area contributed by atoms with E-state index >= 15 is 0 Å². The van der Waals surface area contributed by atoms with Crippen LogP contribution in [0.5, 0.6) is 0 Å². The molecule has 94 valence electrons. The molecular formula is C14H19F2N. The molecule has 3 heteroatoms. The van der Waals surface area contributed by atoms with Gasteiger partial charge in [0.15, 0.2) is 11.6 Å². The highest BCUT2D eigenvalue weighted by atomic mass is 19.2. The zero-order valence-electron chi connectivity index (χ0n) is 10.4. The highest BCUT2D eigenvalue weighted by Gasteiger charge is 2.13. The van der Waals surface area contributed by atoms with Gasteiger partial charge in [0.25, 0.3) is 0 Å². The summed E-state index contributed by atoms with van der Waals surface area (Å²) < 4.78 is 26.0. The van der Waals surface area contributed by atoms with Gasteiger partial charge in [-0.3, -0.25) is 0 Å². The smallest absolute Gasteiger partial charge is 0.159 e. The third-order valence-electron chi connectivity index (χ3n) is 2.79. The Morgan fingerprint density at radius 1 is 1.29 bits per heavy atom. The van der Waals surface area contributed by atoms with E-state index in [1.807, 2.05) is 13.8 Å². The molecule has 0 aliphatic rings. The minimum absolute atomic E-state index is 0.00236. The molecule has 1 aromatic rings. The van der Waals surface area contributed by atoms with Crippen LogP contribution in [0.25, 0.3) is 0 Å². The first-order chi connectivity index (χ1) is 8.08. The van der Waals surface area contributed by atoms with Gasteiger partial charge in [0.05, 0.1) is 0 Å². The van der Waals surface area contributed by atoms with Gasteiger partial charge >= 0.3 is 0 Å². The van der Waals surface area contributed by atoms with Crippen molar-refractivity contribution in [2.24, 2.45) is 0 Å². The summed E-state index contributed by atoms with van der Waals surface area (Å²) in [7, 11) is 0. The van der Waals surface area contributed by atoms with Crippen LogP contribution in [-0.4, -0.2) is 6.54 Å². The van der Waals surface area contributed by atoms with Gasteiger partial charge in [-0.15, -0.1) is 0 Å². The fourth-order valence-corrected chi connectivity index (χ4v) is 1.72. The van der Waals surface area contributed by atoms with Crippen molar-refractivity contribution in [2.45, 2.75) is 32.7 Å². The summed E-state index contributed by atoms with van der Waals surface area (Å²) in [6, 6.07) is 4.05. The van der Waals surface area contributed by atoms with Gasteiger partial charge in [-0.25, -0.2) is 8.78 Å². The second kappa shape index (κ2) is 6.50. The third kappa shape index (κ3) is 3.93. The van der Waals surface area contributed by atoms with Crippen LogP contribution in [0.3, 0.4) is 0 Å². The van der Waals surface area contributed by atoms with Crippen molar-refractivity contribution >= 4 is 0 Å². The lowest BCUT2D eigenvalue weighted by molar-refractivity contribution is 0.496. The molecule has 0 saturated carbocycles. The SMILES string of the molecule is C=C(CC)CC(NCC)c1ccc(F)c(F)c1. The Labute approximate surface area is 102 Å². The van der Waals surface area contributed by atoms with Crippen LogP contribution in [0.15, 0.2) is 30.4 Å². The van der Waals surface area contributed by atoms with Crippen LogP contribution in [-0.2, 0) is 0 Å². The van der Waals surface area contributed by atoms with Crippen LogP contribution < -0.4 is 5.32 Å². The summed E-state index contributed by atoms with van der Waals surface area (Å²) in [5.74, 6) is -1.61. The van der Waals surface area contributed by atoms with E-state index in [0.29, 0.717) is 0 Å². The Morgan fingerprint density at radius 2 is 2.00 bits per heavy atom. The summed E-state index contributed by atoms with van der Waals surface area (Å²) in [6.07, 6.45) is 1.64. The zero-order chi connectivity index (χ0) is 12.8. The van der Waals surface area contributed by atoms with E-state index in [0.717, 1.165) is 30.5 Å². The molecule has 0 heterocycles. The summed E-state index contributed by atoms with van der Waals surface area (Å²) >= 11 is 0. The fourth-order valence-electron chi connectivity index (χ4n) is 1.72. The van der Waals surface area contributed by atoms with Gasteiger partial charge in [-0.1, -0.05) is 32.1 Å². The van der Waals surface area contributed by atoms with Crippen LogP contribution in [0.1, 0.15) is 38.3 Å². The van der Waals surface area contributed by atoms with Crippen molar-refractivity contribution in [2.75, 3.05) is 6.54 Å². The standard InChI is InChI=1S/C14H19F2N/c1-4-10(3)8-14(17-5-2)11-6-7-12(15)13(16)9-11/h6-7,9,14,17H,3-5,8H2,1-2H3. The molecule has 1 N–H and O–H groups in total. The molecule has 0 radical (unpaired) electrons. The van der Waals surface area contributed by atoms with Gasteiger partial charge in [-0.05, 0) is 37.1 Å². The zero-order valence-corrected chi connectivity index (χ0v) is 10.4. The van der Waals surface area contributed by atoms with Crippen molar-refractivity contribution in [3.05, 3.63) is 47.5 Å². The van der Waals surface area contributed by atoms with Crippen molar-refractivity contribution < 1.29 is 8.78 Å². The van der Waals surface area contributed by atoms with Crippen molar-refractivity contribution in [3.63, 3.8) is 0 Å². The molecule has 0 aliphatic carbocycles. The summed E-state index contributed by atoms with van der Waals surface area (Å²) in [5.41, 5.74) is 1.86. The summed E-state index contributed by atoms with van der Waals surface area (Å²) in [4.78, 5) is 0. The molecule has 17 heavy (non-hydrogen) atoms. The molecule has 1 rings (SSSR count). The first-order valence-electron chi connectivity index (χ1n) is 5.93. The number of halogens is 2. The van der Waals surface area contributed by atoms with E-state index in [-0.39, 0.29) is 6.04 Å². The van der Waals surface area contributed by atoms with Crippen LogP contribution in [0.2, 0.25) is 0 Å². The normalized spacial score (nSPS) is 12.5. The molecule has 0 aromatic heterocycles. The largest absolute Gasteiger partial charge is 0.310 e. The molecule has 1 aromatic carbocycles. The van der Waals surface area contributed by atoms with Gasteiger partial charge in [0.2, 0.25) is 0 Å². The fraction of sp³-hybridized carbons (Fsp3) is 0.429. The molecule has 0 fully saturated rings. The minimum atomic E-state index is -0.807. The van der Waals surface area contributed by atoms with Crippen molar-refractivity contribution in [1.82, 2.24) is 5.32 Å². The third-order valence-corrected chi connectivity index (χ3v) is 2.79. The second-order valence-electron chi connectivity index (χ2n) is 4.09. The lowest BCUT2D eigenvalue weighted by Gasteiger charge is -2.19. The Kier molecular flexibility index (Phi) is 5.29. The van der Waals surface area contributed by atoms with Crippen LogP contribution in [0, 0.1) is 11.6 Å². The van der Waals surface area contributed by atoms with E-state index in [9.17, 15) is 8.78 Å². The van der Waals surface area contributed by atoms with Crippen molar-refractivity contribution in [1.29, 1.82) is 0 Å². The first-order valence-corrected chi connectivity index (χ1v) is 5.93. The predicted molar refractivity (Wildman–Crippen MR) is 66.8 cm³/mol. The average molecular weight is 239 g/mol. The maximum absolute atomic E-state index is 13.2. The number of hydrogen-bond donors (Lipinski definition) is 1. The highest BCUT2D eigenvalue weighted by molar-refractivity contribution is 5.22. The van der Waals surface area contributed by atoms with Gasteiger partial charge in [0, 0.05) is 6.04 Å². The molecule has 0 amide bonds. The molecule has 0 aliphatic heterocycles. The lowest BCUT2D eigenvalue weighted by atomic mass is 9.98.